The maximum absolute atomic E-state index is 5.65. The Morgan fingerprint density at radius 2 is 2.11 bits per heavy atom. The molecule has 2 rings (SSSR count). The quantitative estimate of drug-likeness (QED) is 0.760. The molecule has 0 radical (unpaired) electrons. The number of aryl methyl sites for hydroxylation is 1. The van der Waals surface area contributed by atoms with Gasteiger partial charge in [0.2, 0.25) is 0 Å². The van der Waals surface area contributed by atoms with Crippen LogP contribution in [-0.4, -0.2) is 24.3 Å². The van der Waals surface area contributed by atoms with Crippen LogP contribution in [0.5, 0.6) is 5.75 Å². The predicted molar refractivity (Wildman–Crippen MR) is 76.3 cm³/mol. The van der Waals surface area contributed by atoms with Crippen molar-refractivity contribution in [2.24, 2.45) is 0 Å². The number of rotatable bonds is 7. The lowest BCUT2D eigenvalue weighted by Crippen LogP contribution is -2.15. The SMILES string of the molecule is CCNCCCn1ccc2c(OCC)cccc21. The van der Waals surface area contributed by atoms with Crippen molar-refractivity contribution in [3.8, 4) is 5.75 Å². The third kappa shape index (κ3) is 2.85. The molecular formula is C15H22N2O. The lowest BCUT2D eigenvalue weighted by atomic mass is 10.2. The highest BCUT2D eigenvalue weighted by molar-refractivity contribution is 5.86. The lowest BCUT2D eigenvalue weighted by molar-refractivity contribution is 0.344. The molecule has 0 aliphatic rings. The normalized spacial score (nSPS) is 11.0. The Balaban J connectivity index is 2.12. The third-order valence-electron chi connectivity index (χ3n) is 3.08. The highest BCUT2D eigenvalue weighted by Gasteiger charge is 2.05. The van der Waals surface area contributed by atoms with Crippen molar-refractivity contribution in [3.63, 3.8) is 0 Å². The third-order valence-corrected chi connectivity index (χ3v) is 3.08. The average Bonchev–Trinajstić information content (AvgIpc) is 2.80. The van der Waals surface area contributed by atoms with Crippen LogP contribution in [0.3, 0.4) is 0 Å². The van der Waals surface area contributed by atoms with E-state index < -0.39 is 0 Å². The molecule has 0 aliphatic carbocycles. The van der Waals surface area contributed by atoms with E-state index in [1.165, 1.54) is 10.9 Å². The van der Waals surface area contributed by atoms with Gasteiger partial charge in [-0.3, -0.25) is 0 Å². The summed E-state index contributed by atoms with van der Waals surface area (Å²) >= 11 is 0. The molecule has 1 aromatic carbocycles. The van der Waals surface area contributed by atoms with Crippen molar-refractivity contribution in [1.29, 1.82) is 0 Å². The molecule has 0 bridgehead atoms. The van der Waals surface area contributed by atoms with Gasteiger partial charge >= 0.3 is 0 Å². The van der Waals surface area contributed by atoms with Crippen molar-refractivity contribution in [2.45, 2.75) is 26.8 Å². The lowest BCUT2D eigenvalue weighted by Gasteiger charge is -2.08. The zero-order chi connectivity index (χ0) is 12.8. The first kappa shape index (κ1) is 13.0. The molecule has 0 saturated heterocycles. The van der Waals surface area contributed by atoms with E-state index in [1.807, 2.05) is 13.0 Å². The van der Waals surface area contributed by atoms with Crippen molar-refractivity contribution in [1.82, 2.24) is 9.88 Å². The minimum absolute atomic E-state index is 0.713. The van der Waals surface area contributed by atoms with Gasteiger partial charge in [0.25, 0.3) is 0 Å². The number of hydrogen-bond acceptors (Lipinski definition) is 2. The molecule has 3 heteroatoms. The fraction of sp³-hybridized carbons (Fsp3) is 0.467. The van der Waals surface area contributed by atoms with E-state index in [9.17, 15) is 0 Å². The Kier molecular flexibility index (Phi) is 4.65. The highest BCUT2D eigenvalue weighted by Crippen LogP contribution is 2.26. The second-order valence-corrected chi connectivity index (χ2v) is 4.34. The molecule has 1 N–H and O–H groups in total. The van der Waals surface area contributed by atoms with Gasteiger partial charge in [-0.15, -0.1) is 0 Å². The number of benzene rings is 1. The molecule has 0 unspecified atom stereocenters. The van der Waals surface area contributed by atoms with Gasteiger partial charge in [0.05, 0.1) is 12.1 Å². The molecule has 1 aromatic heterocycles. The summed E-state index contributed by atoms with van der Waals surface area (Å²) in [6, 6.07) is 8.40. The zero-order valence-corrected chi connectivity index (χ0v) is 11.3. The average molecular weight is 246 g/mol. The van der Waals surface area contributed by atoms with Gasteiger partial charge in [-0.05, 0) is 44.6 Å². The molecule has 0 amide bonds. The Morgan fingerprint density at radius 3 is 2.89 bits per heavy atom. The highest BCUT2D eigenvalue weighted by atomic mass is 16.5. The van der Waals surface area contributed by atoms with Crippen molar-refractivity contribution < 1.29 is 4.74 Å². The number of nitrogens with zero attached hydrogens (tertiary/aromatic N) is 1. The number of ether oxygens (including phenoxy) is 1. The first-order valence-electron chi connectivity index (χ1n) is 6.78. The molecule has 3 nitrogen and oxygen atoms in total. The monoisotopic (exact) mass is 246 g/mol. The minimum Gasteiger partial charge on any atom is -0.493 e. The van der Waals surface area contributed by atoms with Crippen LogP contribution < -0.4 is 10.1 Å². The van der Waals surface area contributed by atoms with E-state index in [0.717, 1.165) is 31.8 Å². The number of fused-ring (bicyclic) bond motifs is 1. The van der Waals surface area contributed by atoms with Gasteiger partial charge in [-0.1, -0.05) is 13.0 Å². The maximum Gasteiger partial charge on any atom is 0.128 e. The number of aromatic nitrogens is 1. The van der Waals surface area contributed by atoms with Gasteiger partial charge < -0.3 is 14.6 Å². The zero-order valence-electron chi connectivity index (χ0n) is 11.3. The largest absolute Gasteiger partial charge is 0.493 e. The van der Waals surface area contributed by atoms with Gasteiger partial charge in [0.15, 0.2) is 0 Å². The Labute approximate surface area is 109 Å². The van der Waals surface area contributed by atoms with Crippen molar-refractivity contribution >= 4 is 10.9 Å². The summed E-state index contributed by atoms with van der Waals surface area (Å²) in [5.74, 6) is 0.987. The van der Waals surface area contributed by atoms with Gasteiger partial charge in [-0.2, -0.15) is 0 Å². The summed E-state index contributed by atoms with van der Waals surface area (Å²) in [6.45, 7) is 8.03. The maximum atomic E-state index is 5.65. The molecule has 0 saturated carbocycles. The van der Waals surface area contributed by atoms with Crippen LogP contribution in [-0.2, 0) is 6.54 Å². The summed E-state index contributed by atoms with van der Waals surface area (Å²) in [4.78, 5) is 0. The Hall–Kier alpha value is -1.48. The van der Waals surface area contributed by atoms with E-state index in [1.54, 1.807) is 0 Å². The van der Waals surface area contributed by atoms with Crippen LogP contribution in [0, 0.1) is 0 Å². The van der Waals surface area contributed by atoms with E-state index in [4.69, 9.17) is 4.74 Å². The van der Waals surface area contributed by atoms with Gasteiger partial charge in [0, 0.05) is 18.1 Å². The van der Waals surface area contributed by atoms with Crippen LogP contribution in [0.2, 0.25) is 0 Å². The fourth-order valence-corrected chi connectivity index (χ4v) is 2.22. The molecule has 18 heavy (non-hydrogen) atoms. The van der Waals surface area contributed by atoms with Gasteiger partial charge in [0.1, 0.15) is 5.75 Å². The topological polar surface area (TPSA) is 26.2 Å². The molecule has 0 fully saturated rings. The Morgan fingerprint density at radius 1 is 1.22 bits per heavy atom. The summed E-state index contributed by atoms with van der Waals surface area (Å²) in [5, 5.41) is 4.56. The molecular weight excluding hydrogens is 224 g/mol. The molecule has 1 heterocycles. The minimum atomic E-state index is 0.713. The molecule has 98 valence electrons. The molecule has 0 atom stereocenters. The van der Waals surface area contributed by atoms with Crippen LogP contribution >= 0.6 is 0 Å². The summed E-state index contributed by atoms with van der Waals surface area (Å²) in [5.41, 5.74) is 1.26. The standard InChI is InChI=1S/C15H22N2O/c1-3-16-10-6-11-17-12-9-13-14(17)7-5-8-15(13)18-4-2/h5,7-9,12,16H,3-4,6,10-11H2,1-2H3. The Bertz CT molecular complexity index is 490. The summed E-state index contributed by atoms with van der Waals surface area (Å²) < 4.78 is 7.95. The van der Waals surface area contributed by atoms with E-state index in [-0.39, 0.29) is 0 Å². The van der Waals surface area contributed by atoms with Crippen LogP contribution in [0.15, 0.2) is 30.5 Å². The van der Waals surface area contributed by atoms with Crippen molar-refractivity contribution in [2.75, 3.05) is 19.7 Å². The predicted octanol–water partition coefficient (Wildman–Crippen LogP) is 3.04. The summed E-state index contributed by atoms with van der Waals surface area (Å²) in [7, 11) is 0. The first-order chi connectivity index (χ1) is 8.86. The van der Waals surface area contributed by atoms with E-state index in [2.05, 4.69) is 41.2 Å². The fourth-order valence-electron chi connectivity index (χ4n) is 2.22. The van der Waals surface area contributed by atoms with Crippen molar-refractivity contribution in [3.05, 3.63) is 30.5 Å². The molecule has 0 spiro atoms. The molecule has 2 aromatic rings. The van der Waals surface area contributed by atoms with Crippen LogP contribution in [0.4, 0.5) is 0 Å². The van der Waals surface area contributed by atoms with Crippen LogP contribution in [0.1, 0.15) is 20.3 Å². The number of hydrogen-bond donors (Lipinski definition) is 1. The second-order valence-electron chi connectivity index (χ2n) is 4.34. The van der Waals surface area contributed by atoms with Crippen LogP contribution in [0.25, 0.3) is 10.9 Å². The first-order valence-corrected chi connectivity index (χ1v) is 6.78. The smallest absolute Gasteiger partial charge is 0.128 e. The van der Waals surface area contributed by atoms with Gasteiger partial charge in [-0.25, -0.2) is 0 Å². The van der Waals surface area contributed by atoms with E-state index >= 15 is 0 Å². The summed E-state index contributed by atoms with van der Waals surface area (Å²) in [6.07, 6.45) is 3.30. The molecule has 0 aliphatic heterocycles. The number of nitrogens with one attached hydrogen (secondary N) is 1. The second kappa shape index (κ2) is 6.45. The van der Waals surface area contributed by atoms with E-state index in [0.29, 0.717) is 6.61 Å².